The second-order valence-electron chi connectivity index (χ2n) is 6.46. The van der Waals surface area contributed by atoms with Crippen LogP contribution in [0.5, 0.6) is 5.75 Å². The Morgan fingerprint density at radius 3 is 2.17 bits per heavy atom. The van der Waals surface area contributed by atoms with Gasteiger partial charge in [-0.1, -0.05) is 83.4 Å². The monoisotopic (exact) mass is 364 g/mol. The van der Waals surface area contributed by atoms with Gasteiger partial charge in [-0.3, -0.25) is 0 Å². The summed E-state index contributed by atoms with van der Waals surface area (Å²) in [5.74, 6) is 0.923. The van der Waals surface area contributed by atoms with Crippen LogP contribution >= 0.6 is 0 Å². The molecule has 0 N–H and O–H groups in total. The number of benzene rings is 1. The van der Waals surface area contributed by atoms with Crippen molar-refractivity contribution in [2.24, 2.45) is 5.92 Å². The largest absolute Gasteiger partial charge is 1.00 e. The first-order chi connectivity index (χ1) is 11.0. The Morgan fingerprint density at radius 2 is 1.54 bits per heavy atom. The zero-order chi connectivity index (χ0) is 17.0. The molecule has 1 atom stereocenters. The van der Waals surface area contributed by atoms with E-state index in [2.05, 4.69) is 13.8 Å². The molecule has 0 bridgehead atoms. The second-order valence-corrected chi connectivity index (χ2v) is 8.15. The fourth-order valence-electron chi connectivity index (χ4n) is 2.60. The quantitative estimate of drug-likeness (QED) is 0.307. The van der Waals surface area contributed by atoms with Crippen molar-refractivity contribution in [3.05, 3.63) is 30.3 Å². The molecule has 0 aliphatic rings. The van der Waals surface area contributed by atoms with Gasteiger partial charge in [-0.05, 0) is 24.5 Å². The molecule has 0 amide bonds. The van der Waals surface area contributed by atoms with Crippen LogP contribution in [0.1, 0.15) is 73.1 Å². The van der Waals surface area contributed by atoms with Gasteiger partial charge in [-0.25, -0.2) is 0 Å². The normalized spacial score (nSPS) is 12.4. The minimum Gasteiger partial charge on any atom is -1.00 e. The van der Waals surface area contributed by atoms with Gasteiger partial charge in [0.2, 0.25) is 0 Å². The molecule has 0 aliphatic heterocycles. The summed E-state index contributed by atoms with van der Waals surface area (Å²) >= 11 is 0. The maximum absolute atomic E-state index is 12.0. The van der Waals surface area contributed by atoms with Crippen molar-refractivity contribution in [3.63, 3.8) is 0 Å². The first kappa shape index (κ1) is 24.0. The fourth-order valence-corrected chi connectivity index (χ4v) is 3.78. The molecule has 24 heavy (non-hydrogen) atoms. The molecule has 1 rings (SSSR count). The SMILES string of the molecule is CCCCCCCCCC(C)CCS(=O)(=O)Oc1ccccc1.[H-].[Na+]. The van der Waals surface area contributed by atoms with Crippen molar-refractivity contribution in [3.8, 4) is 5.75 Å². The summed E-state index contributed by atoms with van der Waals surface area (Å²) in [6, 6.07) is 8.71. The minimum absolute atomic E-state index is 0. The van der Waals surface area contributed by atoms with Crippen molar-refractivity contribution >= 4 is 10.1 Å². The van der Waals surface area contributed by atoms with Crippen LogP contribution in [0.3, 0.4) is 0 Å². The van der Waals surface area contributed by atoms with Crippen LogP contribution in [0.2, 0.25) is 0 Å². The third-order valence-electron chi connectivity index (χ3n) is 4.13. The van der Waals surface area contributed by atoms with Crippen LogP contribution in [0.15, 0.2) is 30.3 Å². The van der Waals surface area contributed by atoms with Crippen LogP contribution in [-0.2, 0) is 10.1 Å². The van der Waals surface area contributed by atoms with Crippen LogP contribution in [0, 0.1) is 5.92 Å². The summed E-state index contributed by atoms with van der Waals surface area (Å²) in [6.07, 6.45) is 10.9. The molecule has 0 spiro atoms. The van der Waals surface area contributed by atoms with Gasteiger partial charge < -0.3 is 5.61 Å². The van der Waals surface area contributed by atoms with E-state index in [1.807, 2.05) is 6.07 Å². The Bertz CT molecular complexity index is 509. The zero-order valence-corrected chi connectivity index (χ0v) is 18.5. The van der Waals surface area contributed by atoms with E-state index in [1.54, 1.807) is 24.3 Å². The molecule has 0 fully saturated rings. The van der Waals surface area contributed by atoms with Crippen LogP contribution in [0.25, 0.3) is 0 Å². The summed E-state index contributed by atoms with van der Waals surface area (Å²) in [7, 11) is -3.48. The average molecular weight is 365 g/mol. The van der Waals surface area contributed by atoms with Crippen molar-refractivity contribution in [2.75, 3.05) is 5.75 Å². The van der Waals surface area contributed by atoms with E-state index < -0.39 is 10.1 Å². The Kier molecular flexibility index (Phi) is 14.2. The van der Waals surface area contributed by atoms with Crippen molar-refractivity contribution in [2.45, 2.75) is 71.6 Å². The predicted octanol–water partition coefficient (Wildman–Crippen LogP) is 2.68. The number of hydrogen-bond acceptors (Lipinski definition) is 3. The third kappa shape index (κ3) is 12.3. The van der Waals surface area contributed by atoms with Crippen LogP contribution in [-0.4, -0.2) is 14.2 Å². The molecule has 0 saturated heterocycles. The molecule has 5 heteroatoms. The number of hydrogen-bond donors (Lipinski definition) is 0. The third-order valence-corrected chi connectivity index (χ3v) is 5.31. The van der Waals surface area contributed by atoms with Gasteiger partial charge in [0.05, 0.1) is 5.75 Å². The molecule has 1 aromatic rings. The van der Waals surface area contributed by atoms with Gasteiger partial charge in [0.25, 0.3) is 0 Å². The second kappa shape index (κ2) is 14.2. The van der Waals surface area contributed by atoms with Gasteiger partial charge in [0.15, 0.2) is 0 Å². The molecular formula is C19H33NaO3S. The van der Waals surface area contributed by atoms with Gasteiger partial charge >= 0.3 is 39.7 Å². The van der Waals surface area contributed by atoms with E-state index in [-0.39, 0.29) is 36.7 Å². The Morgan fingerprint density at radius 1 is 0.958 bits per heavy atom. The molecule has 134 valence electrons. The smallest absolute Gasteiger partial charge is 1.00 e. The zero-order valence-electron chi connectivity index (χ0n) is 16.7. The first-order valence-electron chi connectivity index (χ1n) is 9.00. The number of rotatable bonds is 13. The predicted molar refractivity (Wildman–Crippen MR) is 98.4 cm³/mol. The van der Waals surface area contributed by atoms with E-state index >= 15 is 0 Å². The summed E-state index contributed by atoms with van der Waals surface area (Å²) in [5, 5.41) is 0. The van der Waals surface area contributed by atoms with Gasteiger partial charge in [-0.15, -0.1) is 0 Å². The van der Waals surface area contributed by atoms with E-state index in [1.165, 1.54) is 44.9 Å². The van der Waals surface area contributed by atoms with E-state index in [9.17, 15) is 8.42 Å². The Labute approximate surface area is 172 Å². The molecule has 1 unspecified atom stereocenters. The topological polar surface area (TPSA) is 43.4 Å². The summed E-state index contributed by atoms with van der Waals surface area (Å²) < 4.78 is 29.0. The molecule has 0 saturated carbocycles. The maximum atomic E-state index is 12.0. The van der Waals surface area contributed by atoms with Crippen molar-refractivity contribution in [1.29, 1.82) is 0 Å². The molecule has 0 aliphatic carbocycles. The first-order valence-corrected chi connectivity index (χ1v) is 10.6. The van der Waals surface area contributed by atoms with Gasteiger partial charge in [-0.2, -0.15) is 8.42 Å². The summed E-state index contributed by atoms with van der Waals surface area (Å²) in [5.41, 5.74) is 0. The Balaban J connectivity index is 0. The molecule has 0 radical (unpaired) electrons. The average Bonchev–Trinajstić information content (AvgIpc) is 2.53. The maximum Gasteiger partial charge on any atom is 1.00 e. The van der Waals surface area contributed by atoms with Crippen molar-refractivity contribution in [1.82, 2.24) is 0 Å². The molecule has 0 aromatic heterocycles. The van der Waals surface area contributed by atoms with Crippen molar-refractivity contribution < 1.29 is 43.6 Å². The van der Waals surface area contributed by atoms with Gasteiger partial charge in [0.1, 0.15) is 5.75 Å². The van der Waals surface area contributed by atoms with E-state index in [0.29, 0.717) is 18.1 Å². The number of para-hydroxylation sites is 1. The number of unbranched alkanes of at least 4 members (excludes halogenated alkanes) is 6. The van der Waals surface area contributed by atoms with Gasteiger partial charge in [0, 0.05) is 0 Å². The van der Waals surface area contributed by atoms with Crippen LogP contribution in [0.4, 0.5) is 0 Å². The van der Waals surface area contributed by atoms with E-state index in [0.717, 1.165) is 6.42 Å². The Hall–Kier alpha value is -0.0300. The molecular weight excluding hydrogens is 331 g/mol. The molecule has 1 aromatic carbocycles. The molecule has 0 heterocycles. The standard InChI is InChI=1S/C19H32O3S.Na.H/c1-3-4-5-6-7-8-10-13-18(2)16-17-23(20,21)22-19-14-11-9-12-15-19;;/h9,11-12,14-15,18H,3-8,10,13,16-17H2,1-2H3;;/q;+1;-1. The van der Waals surface area contributed by atoms with E-state index in [4.69, 9.17) is 4.18 Å². The fraction of sp³-hybridized carbons (Fsp3) is 0.684. The van der Waals surface area contributed by atoms with Crippen LogP contribution < -0.4 is 33.7 Å². The minimum atomic E-state index is -3.48. The summed E-state index contributed by atoms with van der Waals surface area (Å²) in [6.45, 7) is 4.37. The molecule has 3 nitrogen and oxygen atoms in total. The summed E-state index contributed by atoms with van der Waals surface area (Å²) in [4.78, 5) is 0.